The predicted octanol–water partition coefficient (Wildman–Crippen LogP) is 1.55. The molecule has 2 N–H and O–H groups in total. The molecule has 0 bridgehead atoms. The molecule has 0 radical (unpaired) electrons. The molecule has 2 aromatic rings. The molecule has 0 aliphatic carbocycles. The molecule has 0 fully saturated rings. The Labute approximate surface area is 119 Å². The monoisotopic (exact) mass is 294 g/mol. The Morgan fingerprint density at radius 3 is 2.85 bits per heavy atom. The maximum absolute atomic E-state index is 12.1. The van der Waals surface area contributed by atoms with Crippen molar-refractivity contribution in [3.63, 3.8) is 0 Å². The summed E-state index contributed by atoms with van der Waals surface area (Å²) >= 11 is 1.36. The molecule has 0 unspecified atom stereocenters. The standard InChI is InChI=1S/C12H14N4O3S/c1-3-9-14-7(2)11(20-9)12(19)15-8-4-13-16(5-8)6-10(17)18/h4-5H,3,6H2,1-2H3,(H,15,19)(H,17,18). The predicted molar refractivity (Wildman–Crippen MR) is 74.0 cm³/mol. The molecule has 2 aromatic heterocycles. The number of hydrogen-bond acceptors (Lipinski definition) is 5. The fourth-order valence-electron chi connectivity index (χ4n) is 1.66. The second-order valence-corrected chi connectivity index (χ2v) is 5.23. The van der Waals surface area contributed by atoms with Gasteiger partial charge < -0.3 is 10.4 Å². The SMILES string of the molecule is CCc1nc(C)c(C(=O)Nc2cnn(CC(=O)O)c2)s1. The van der Waals surface area contributed by atoms with Crippen LogP contribution in [-0.2, 0) is 17.8 Å². The van der Waals surface area contributed by atoms with Crippen LogP contribution in [0, 0.1) is 6.92 Å². The lowest BCUT2D eigenvalue weighted by atomic mass is 10.3. The molecule has 1 amide bonds. The highest BCUT2D eigenvalue weighted by Crippen LogP contribution is 2.20. The van der Waals surface area contributed by atoms with Crippen molar-refractivity contribution in [2.24, 2.45) is 0 Å². The van der Waals surface area contributed by atoms with Crippen LogP contribution in [0.25, 0.3) is 0 Å². The summed E-state index contributed by atoms with van der Waals surface area (Å²) in [6.45, 7) is 3.53. The van der Waals surface area contributed by atoms with Gasteiger partial charge in [0.05, 0.1) is 22.6 Å². The minimum Gasteiger partial charge on any atom is -0.480 e. The van der Waals surface area contributed by atoms with E-state index in [0.717, 1.165) is 11.4 Å². The highest BCUT2D eigenvalue weighted by Gasteiger charge is 2.15. The third kappa shape index (κ3) is 3.21. The van der Waals surface area contributed by atoms with E-state index < -0.39 is 5.97 Å². The quantitative estimate of drug-likeness (QED) is 0.872. The van der Waals surface area contributed by atoms with Crippen LogP contribution in [0.15, 0.2) is 12.4 Å². The molecule has 2 heterocycles. The summed E-state index contributed by atoms with van der Waals surface area (Å²) in [7, 11) is 0. The summed E-state index contributed by atoms with van der Waals surface area (Å²) in [4.78, 5) is 27.5. The average Bonchev–Trinajstić information content (AvgIpc) is 2.95. The minimum atomic E-state index is -0.989. The van der Waals surface area contributed by atoms with Crippen LogP contribution in [-0.4, -0.2) is 31.7 Å². The van der Waals surface area contributed by atoms with Gasteiger partial charge in [-0.15, -0.1) is 11.3 Å². The Hall–Kier alpha value is -2.22. The Kier molecular flexibility index (Phi) is 4.14. The second kappa shape index (κ2) is 5.83. The molecule has 7 nitrogen and oxygen atoms in total. The number of thiazole rings is 1. The molecule has 8 heteroatoms. The molecule has 20 heavy (non-hydrogen) atoms. The van der Waals surface area contributed by atoms with Crippen LogP contribution in [0.1, 0.15) is 27.3 Å². The highest BCUT2D eigenvalue weighted by atomic mass is 32.1. The number of nitrogens with one attached hydrogen (secondary N) is 1. The lowest BCUT2D eigenvalue weighted by molar-refractivity contribution is -0.137. The molecular formula is C12H14N4O3S. The second-order valence-electron chi connectivity index (χ2n) is 4.15. The lowest BCUT2D eigenvalue weighted by Crippen LogP contribution is -2.11. The molecule has 0 aliphatic rings. The number of rotatable bonds is 5. The number of amides is 1. The first-order valence-corrected chi connectivity index (χ1v) is 6.83. The molecule has 106 valence electrons. The van der Waals surface area contributed by atoms with E-state index in [2.05, 4.69) is 15.4 Å². The minimum absolute atomic E-state index is 0.241. The molecule has 0 spiro atoms. The van der Waals surface area contributed by atoms with Crippen molar-refractivity contribution in [1.29, 1.82) is 0 Å². The van der Waals surface area contributed by atoms with Gasteiger partial charge in [-0.25, -0.2) is 4.98 Å². The van der Waals surface area contributed by atoms with Crippen molar-refractivity contribution < 1.29 is 14.7 Å². The van der Waals surface area contributed by atoms with Gasteiger partial charge in [-0.3, -0.25) is 14.3 Å². The number of carboxylic acids is 1. The Balaban J connectivity index is 2.09. The van der Waals surface area contributed by atoms with E-state index in [1.807, 2.05) is 6.92 Å². The van der Waals surface area contributed by atoms with Crippen LogP contribution < -0.4 is 5.32 Å². The summed E-state index contributed by atoms with van der Waals surface area (Å²) in [6.07, 6.45) is 3.68. The number of nitrogens with zero attached hydrogens (tertiary/aromatic N) is 3. The fraction of sp³-hybridized carbons (Fsp3) is 0.333. The summed E-state index contributed by atoms with van der Waals surface area (Å²) in [6, 6.07) is 0. The topological polar surface area (TPSA) is 97.1 Å². The van der Waals surface area contributed by atoms with Crippen LogP contribution in [0.2, 0.25) is 0 Å². The van der Waals surface area contributed by atoms with Crippen LogP contribution in [0.4, 0.5) is 5.69 Å². The highest BCUT2D eigenvalue weighted by molar-refractivity contribution is 7.13. The smallest absolute Gasteiger partial charge is 0.325 e. The van der Waals surface area contributed by atoms with Gasteiger partial charge in [0.25, 0.3) is 5.91 Å². The first kappa shape index (κ1) is 14.2. The van der Waals surface area contributed by atoms with Crippen molar-refractivity contribution >= 4 is 28.9 Å². The van der Waals surface area contributed by atoms with E-state index in [0.29, 0.717) is 16.3 Å². The van der Waals surface area contributed by atoms with E-state index in [9.17, 15) is 9.59 Å². The summed E-state index contributed by atoms with van der Waals surface area (Å²) in [5, 5.41) is 16.1. The van der Waals surface area contributed by atoms with E-state index in [-0.39, 0.29) is 12.5 Å². The normalized spacial score (nSPS) is 10.5. The molecular weight excluding hydrogens is 280 g/mol. The van der Waals surface area contributed by atoms with Gasteiger partial charge >= 0.3 is 5.97 Å². The van der Waals surface area contributed by atoms with Gasteiger partial charge in [0.2, 0.25) is 0 Å². The maximum atomic E-state index is 12.1. The molecule has 0 aromatic carbocycles. The average molecular weight is 294 g/mol. The molecule has 2 rings (SSSR count). The number of carbonyl (C=O) groups excluding carboxylic acids is 1. The van der Waals surface area contributed by atoms with Crippen LogP contribution in [0.3, 0.4) is 0 Å². The number of hydrogen-bond donors (Lipinski definition) is 2. The van der Waals surface area contributed by atoms with Crippen molar-refractivity contribution in [2.75, 3.05) is 5.32 Å². The zero-order valence-corrected chi connectivity index (χ0v) is 11.9. The van der Waals surface area contributed by atoms with Gasteiger partial charge in [-0.2, -0.15) is 5.10 Å². The largest absolute Gasteiger partial charge is 0.480 e. The van der Waals surface area contributed by atoms with Crippen molar-refractivity contribution in [3.05, 3.63) is 28.0 Å². The van der Waals surface area contributed by atoms with Crippen molar-refractivity contribution in [1.82, 2.24) is 14.8 Å². The number of carboxylic acid groups (broad SMARTS) is 1. The number of aryl methyl sites for hydroxylation is 2. The molecule has 0 aliphatic heterocycles. The number of aromatic nitrogens is 3. The fourth-order valence-corrected chi connectivity index (χ4v) is 2.55. The van der Waals surface area contributed by atoms with Gasteiger partial charge in [-0.05, 0) is 13.3 Å². The Morgan fingerprint density at radius 1 is 1.50 bits per heavy atom. The Morgan fingerprint density at radius 2 is 2.25 bits per heavy atom. The maximum Gasteiger partial charge on any atom is 0.325 e. The summed E-state index contributed by atoms with van der Waals surface area (Å²) in [5.41, 5.74) is 1.16. The van der Waals surface area contributed by atoms with Crippen molar-refractivity contribution in [3.8, 4) is 0 Å². The van der Waals surface area contributed by atoms with E-state index in [1.54, 1.807) is 6.92 Å². The van der Waals surface area contributed by atoms with Crippen LogP contribution >= 0.6 is 11.3 Å². The molecule has 0 saturated carbocycles. The summed E-state index contributed by atoms with van der Waals surface area (Å²) < 4.78 is 1.24. The van der Waals surface area contributed by atoms with E-state index in [1.165, 1.54) is 28.4 Å². The third-order valence-corrected chi connectivity index (χ3v) is 3.84. The zero-order chi connectivity index (χ0) is 14.7. The number of aliphatic carboxylic acids is 1. The Bertz CT molecular complexity index is 647. The van der Waals surface area contributed by atoms with Gasteiger partial charge in [-0.1, -0.05) is 6.92 Å². The summed E-state index contributed by atoms with van der Waals surface area (Å²) in [5.74, 6) is -1.24. The first-order valence-electron chi connectivity index (χ1n) is 6.01. The van der Waals surface area contributed by atoms with E-state index in [4.69, 9.17) is 5.11 Å². The lowest BCUT2D eigenvalue weighted by Gasteiger charge is -2.00. The van der Waals surface area contributed by atoms with Crippen molar-refractivity contribution in [2.45, 2.75) is 26.8 Å². The van der Waals surface area contributed by atoms with Gasteiger partial charge in [0.1, 0.15) is 11.4 Å². The number of carbonyl (C=O) groups is 2. The molecule has 0 atom stereocenters. The van der Waals surface area contributed by atoms with Gasteiger partial charge in [0.15, 0.2) is 0 Å². The molecule has 0 saturated heterocycles. The number of anilines is 1. The first-order chi connectivity index (χ1) is 9.49. The van der Waals surface area contributed by atoms with Gasteiger partial charge in [0, 0.05) is 6.20 Å². The van der Waals surface area contributed by atoms with Crippen LogP contribution in [0.5, 0.6) is 0 Å². The third-order valence-electron chi connectivity index (χ3n) is 2.54. The van der Waals surface area contributed by atoms with E-state index >= 15 is 0 Å². The zero-order valence-electron chi connectivity index (χ0n) is 11.1.